The molecule has 0 unspecified atom stereocenters. The van der Waals surface area contributed by atoms with Crippen LogP contribution in [0.3, 0.4) is 0 Å². The highest BCUT2D eigenvalue weighted by Gasteiger charge is 2.12. The van der Waals surface area contributed by atoms with Crippen LogP contribution in [0.25, 0.3) is 11.3 Å². The lowest BCUT2D eigenvalue weighted by Gasteiger charge is -2.17. The largest absolute Gasteiger partial charge is 0.493 e. The number of nitrogens with zero attached hydrogens (tertiary/aromatic N) is 2. The molecular weight excluding hydrogens is 240 g/mol. The van der Waals surface area contributed by atoms with Crippen molar-refractivity contribution in [3.05, 3.63) is 41.3 Å². The van der Waals surface area contributed by atoms with Crippen molar-refractivity contribution < 1.29 is 9.53 Å². The van der Waals surface area contributed by atoms with Crippen LogP contribution in [0.1, 0.15) is 28.3 Å². The Morgan fingerprint density at radius 2 is 2.16 bits per heavy atom. The van der Waals surface area contributed by atoms with E-state index in [0.717, 1.165) is 42.1 Å². The number of rotatable bonds is 2. The zero-order chi connectivity index (χ0) is 13.2. The summed E-state index contributed by atoms with van der Waals surface area (Å²) in [5.41, 5.74) is 3.77. The molecule has 0 bridgehead atoms. The van der Waals surface area contributed by atoms with Gasteiger partial charge in [0.15, 0.2) is 12.1 Å². The summed E-state index contributed by atoms with van der Waals surface area (Å²) in [4.78, 5) is 19.1. The first-order valence-corrected chi connectivity index (χ1v) is 6.33. The van der Waals surface area contributed by atoms with Crippen LogP contribution in [0.5, 0.6) is 5.75 Å². The molecule has 0 radical (unpaired) electrons. The van der Waals surface area contributed by atoms with E-state index in [2.05, 4.69) is 16.0 Å². The van der Waals surface area contributed by atoms with Gasteiger partial charge >= 0.3 is 0 Å². The fourth-order valence-electron chi connectivity index (χ4n) is 2.31. The maximum absolute atomic E-state index is 10.8. The van der Waals surface area contributed by atoms with E-state index >= 15 is 0 Å². The smallest absolute Gasteiger partial charge is 0.193 e. The SMILES string of the molecule is Cc1cc(-c2ccc3c(c2)CCCO3)nc(C=O)n1. The lowest BCUT2D eigenvalue weighted by atomic mass is 10.0. The maximum Gasteiger partial charge on any atom is 0.193 e. The summed E-state index contributed by atoms with van der Waals surface area (Å²) in [5, 5.41) is 0. The van der Waals surface area contributed by atoms with Gasteiger partial charge in [-0.1, -0.05) is 0 Å². The molecule has 0 N–H and O–H groups in total. The van der Waals surface area contributed by atoms with E-state index in [0.29, 0.717) is 6.29 Å². The van der Waals surface area contributed by atoms with Crippen molar-refractivity contribution in [2.45, 2.75) is 19.8 Å². The fourth-order valence-corrected chi connectivity index (χ4v) is 2.31. The number of carbonyl (C=O) groups is 1. The second-order valence-electron chi connectivity index (χ2n) is 4.65. The van der Waals surface area contributed by atoms with Crippen LogP contribution in [0.4, 0.5) is 0 Å². The predicted octanol–water partition coefficient (Wildman–Crippen LogP) is 2.59. The third-order valence-electron chi connectivity index (χ3n) is 3.18. The number of aldehydes is 1. The first-order valence-electron chi connectivity index (χ1n) is 6.33. The lowest BCUT2D eigenvalue weighted by Crippen LogP contribution is -2.08. The van der Waals surface area contributed by atoms with Crippen LogP contribution in [0, 0.1) is 6.92 Å². The van der Waals surface area contributed by atoms with Gasteiger partial charge in [-0.25, -0.2) is 9.97 Å². The van der Waals surface area contributed by atoms with Crippen molar-refractivity contribution >= 4 is 6.29 Å². The molecule has 0 saturated carbocycles. The summed E-state index contributed by atoms with van der Waals surface area (Å²) in [6.45, 7) is 2.65. The summed E-state index contributed by atoms with van der Waals surface area (Å²) in [7, 11) is 0. The number of benzene rings is 1. The Morgan fingerprint density at radius 3 is 3.00 bits per heavy atom. The Morgan fingerprint density at radius 1 is 1.26 bits per heavy atom. The Balaban J connectivity index is 2.06. The van der Waals surface area contributed by atoms with Gasteiger partial charge in [-0.15, -0.1) is 0 Å². The fraction of sp³-hybridized carbons (Fsp3) is 0.267. The van der Waals surface area contributed by atoms with Crippen molar-refractivity contribution in [1.82, 2.24) is 9.97 Å². The third kappa shape index (κ3) is 2.34. The summed E-state index contributed by atoms with van der Waals surface area (Å²) >= 11 is 0. The van der Waals surface area contributed by atoms with Crippen LogP contribution in [-0.2, 0) is 6.42 Å². The molecule has 4 nitrogen and oxygen atoms in total. The van der Waals surface area contributed by atoms with Crippen LogP contribution < -0.4 is 4.74 Å². The second-order valence-corrected chi connectivity index (χ2v) is 4.65. The van der Waals surface area contributed by atoms with E-state index in [9.17, 15) is 4.79 Å². The molecule has 2 aromatic rings. The highest BCUT2D eigenvalue weighted by molar-refractivity contribution is 5.71. The van der Waals surface area contributed by atoms with Gasteiger partial charge < -0.3 is 4.74 Å². The average Bonchev–Trinajstić information content (AvgIpc) is 2.46. The maximum atomic E-state index is 10.8. The molecule has 1 aliphatic heterocycles. The standard InChI is InChI=1S/C15H14N2O2/c1-10-7-13(17-15(9-18)16-10)11-4-5-14-12(8-11)3-2-6-19-14/h4-5,7-9H,2-3,6H2,1H3. The number of fused-ring (bicyclic) bond motifs is 1. The summed E-state index contributed by atoms with van der Waals surface area (Å²) in [6.07, 6.45) is 2.74. The van der Waals surface area contributed by atoms with E-state index in [-0.39, 0.29) is 5.82 Å². The van der Waals surface area contributed by atoms with Crippen molar-refractivity contribution in [3.63, 3.8) is 0 Å². The normalized spacial score (nSPS) is 13.5. The molecule has 1 aromatic carbocycles. The zero-order valence-corrected chi connectivity index (χ0v) is 10.7. The molecule has 0 atom stereocenters. The van der Waals surface area contributed by atoms with Gasteiger partial charge in [0.25, 0.3) is 0 Å². The van der Waals surface area contributed by atoms with Crippen LogP contribution in [0.2, 0.25) is 0 Å². The molecule has 0 amide bonds. The number of aromatic nitrogens is 2. The molecule has 96 valence electrons. The van der Waals surface area contributed by atoms with E-state index in [4.69, 9.17) is 4.74 Å². The van der Waals surface area contributed by atoms with Gasteiger partial charge in [0.1, 0.15) is 5.75 Å². The highest BCUT2D eigenvalue weighted by Crippen LogP contribution is 2.29. The minimum absolute atomic E-state index is 0.226. The number of hydrogen-bond acceptors (Lipinski definition) is 4. The van der Waals surface area contributed by atoms with E-state index < -0.39 is 0 Å². The van der Waals surface area contributed by atoms with Gasteiger partial charge in [0.2, 0.25) is 0 Å². The summed E-state index contributed by atoms with van der Waals surface area (Å²) < 4.78 is 5.59. The first-order chi connectivity index (χ1) is 9.26. The van der Waals surface area contributed by atoms with Gasteiger partial charge in [-0.2, -0.15) is 0 Å². The zero-order valence-electron chi connectivity index (χ0n) is 10.7. The van der Waals surface area contributed by atoms with E-state index in [1.165, 1.54) is 5.56 Å². The number of aryl methyl sites for hydroxylation is 2. The minimum Gasteiger partial charge on any atom is -0.493 e. The number of carbonyl (C=O) groups excluding carboxylic acids is 1. The Hall–Kier alpha value is -2.23. The highest BCUT2D eigenvalue weighted by atomic mass is 16.5. The molecule has 0 aliphatic carbocycles. The van der Waals surface area contributed by atoms with Crippen molar-refractivity contribution in [1.29, 1.82) is 0 Å². The van der Waals surface area contributed by atoms with Gasteiger partial charge in [-0.05, 0) is 49.6 Å². The number of ether oxygens (including phenoxy) is 1. The molecule has 2 heterocycles. The Kier molecular flexibility index (Phi) is 2.99. The van der Waals surface area contributed by atoms with Crippen molar-refractivity contribution in [2.75, 3.05) is 6.61 Å². The molecular formula is C15H14N2O2. The quantitative estimate of drug-likeness (QED) is 0.773. The van der Waals surface area contributed by atoms with Crippen molar-refractivity contribution in [2.24, 2.45) is 0 Å². The van der Waals surface area contributed by atoms with Crippen LogP contribution >= 0.6 is 0 Å². The monoisotopic (exact) mass is 254 g/mol. The van der Waals surface area contributed by atoms with E-state index in [1.54, 1.807) is 0 Å². The van der Waals surface area contributed by atoms with Crippen LogP contribution in [0.15, 0.2) is 24.3 Å². The molecule has 0 fully saturated rings. The van der Waals surface area contributed by atoms with E-state index in [1.807, 2.05) is 25.1 Å². The van der Waals surface area contributed by atoms with Gasteiger partial charge in [0.05, 0.1) is 12.3 Å². The van der Waals surface area contributed by atoms with Crippen LogP contribution in [-0.4, -0.2) is 22.9 Å². The second kappa shape index (κ2) is 4.80. The minimum atomic E-state index is 0.226. The lowest BCUT2D eigenvalue weighted by molar-refractivity contribution is 0.111. The molecule has 1 aromatic heterocycles. The first kappa shape index (κ1) is 11.8. The molecule has 1 aliphatic rings. The predicted molar refractivity (Wildman–Crippen MR) is 71.4 cm³/mol. The molecule has 3 rings (SSSR count). The molecule has 4 heteroatoms. The molecule has 0 saturated heterocycles. The van der Waals surface area contributed by atoms with Crippen molar-refractivity contribution in [3.8, 4) is 17.0 Å². The summed E-state index contributed by atoms with van der Waals surface area (Å²) in [5.74, 6) is 1.18. The Bertz CT molecular complexity index is 638. The molecule has 0 spiro atoms. The van der Waals surface area contributed by atoms with Gasteiger partial charge in [0, 0.05) is 11.3 Å². The summed E-state index contributed by atoms with van der Waals surface area (Å²) in [6, 6.07) is 7.92. The number of hydrogen-bond donors (Lipinski definition) is 0. The molecule has 19 heavy (non-hydrogen) atoms. The third-order valence-corrected chi connectivity index (χ3v) is 3.18. The van der Waals surface area contributed by atoms with Gasteiger partial charge in [-0.3, -0.25) is 4.79 Å². The topological polar surface area (TPSA) is 52.1 Å². The average molecular weight is 254 g/mol. The Labute approximate surface area is 111 Å².